The molecule has 0 aliphatic rings. The lowest BCUT2D eigenvalue weighted by Gasteiger charge is -2.22. The van der Waals surface area contributed by atoms with Crippen LogP contribution in [0.1, 0.15) is 45.6 Å². The topological polar surface area (TPSA) is 49.6 Å². The molecule has 0 bridgehead atoms. The van der Waals surface area contributed by atoms with Gasteiger partial charge in [-0.2, -0.15) is 13.2 Å². The lowest BCUT2D eigenvalue weighted by molar-refractivity contribution is -0.137. The minimum absolute atomic E-state index is 0.207. The Balaban J connectivity index is 1.83. The molecule has 0 saturated heterocycles. The van der Waals surface area contributed by atoms with E-state index < -0.39 is 11.7 Å². The second-order valence-electron chi connectivity index (χ2n) is 7.78. The summed E-state index contributed by atoms with van der Waals surface area (Å²) < 4.78 is 44.9. The summed E-state index contributed by atoms with van der Waals surface area (Å²) in [6.07, 6.45) is -3.08. The van der Waals surface area contributed by atoms with E-state index in [1.54, 1.807) is 13.1 Å². The first-order chi connectivity index (χ1) is 15.2. The Morgan fingerprint density at radius 2 is 1.69 bits per heavy atom. The molecule has 170 valence electrons. The minimum Gasteiger partial charge on any atom is -0.447 e. The standard InChI is InChI=1S/C24H26F3N3O2/c1-4-29(3)23(31)21-16-32-22(28-21)15-30(13-18-8-5-7-17(2)11-18)14-19-9-6-10-20(12-19)24(25,26)27/h5-12,16H,4,13-15H2,1-3H3. The van der Waals surface area contributed by atoms with Crippen molar-refractivity contribution in [1.82, 2.24) is 14.8 Å². The SMILES string of the molecule is CCN(C)C(=O)c1coc(CN(Cc2cccc(C)c2)Cc2cccc(C(F)(F)F)c2)n1. The Morgan fingerprint density at radius 3 is 2.31 bits per heavy atom. The van der Waals surface area contributed by atoms with Crippen molar-refractivity contribution in [2.75, 3.05) is 13.6 Å². The second kappa shape index (κ2) is 9.99. The van der Waals surface area contributed by atoms with Crippen molar-refractivity contribution in [3.63, 3.8) is 0 Å². The number of amides is 1. The summed E-state index contributed by atoms with van der Waals surface area (Å²) in [5, 5.41) is 0. The van der Waals surface area contributed by atoms with Crippen molar-refractivity contribution >= 4 is 5.91 Å². The fourth-order valence-electron chi connectivity index (χ4n) is 3.35. The van der Waals surface area contributed by atoms with Crippen LogP contribution in [0.2, 0.25) is 0 Å². The van der Waals surface area contributed by atoms with E-state index in [1.165, 1.54) is 17.2 Å². The number of rotatable bonds is 8. The monoisotopic (exact) mass is 445 g/mol. The van der Waals surface area contributed by atoms with Gasteiger partial charge in [-0.1, -0.05) is 48.0 Å². The fraction of sp³-hybridized carbons (Fsp3) is 0.333. The molecule has 2 aromatic carbocycles. The minimum atomic E-state index is -4.40. The largest absolute Gasteiger partial charge is 0.447 e. The van der Waals surface area contributed by atoms with E-state index in [1.807, 2.05) is 43.0 Å². The number of benzene rings is 2. The van der Waals surface area contributed by atoms with Gasteiger partial charge in [0.2, 0.25) is 5.89 Å². The van der Waals surface area contributed by atoms with Crippen LogP contribution in [-0.4, -0.2) is 34.3 Å². The number of alkyl halides is 3. The third-order valence-electron chi connectivity index (χ3n) is 5.10. The summed E-state index contributed by atoms with van der Waals surface area (Å²) in [4.78, 5) is 20.1. The molecular formula is C24H26F3N3O2. The Labute approximate surface area is 185 Å². The molecule has 0 N–H and O–H groups in total. The number of carbonyl (C=O) groups is 1. The number of aromatic nitrogens is 1. The third kappa shape index (κ3) is 6.20. The molecule has 0 fully saturated rings. The zero-order valence-electron chi connectivity index (χ0n) is 18.3. The molecule has 8 heteroatoms. The van der Waals surface area contributed by atoms with Gasteiger partial charge in [-0.25, -0.2) is 4.98 Å². The van der Waals surface area contributed by atoms with Gasteiger partial charge in [0.25, 0.3) is 5.91 Å². The zero-order chi connectivity index (χ0) is 23.3. The van der Waals surface area contributed by atoms with Gasteiger partial charge in [0.1, 0.15) is 6.26 Å². The van der Waals surface area contributed by atoms with Crippen LogP contribution in [0.3, 0.4) is 0 Å². The Hall–Kier alpha value is -3.13. The number of halogens is 3. The fourth-order valence-corrected chi connectivity index (χ4v) is 3.35. The average Bonchev–Trinajstić information content (AvgIpc) is 3.20. The molecule has 0 saturated carbocycles. The Kier molecular flexibility index (Phi) is 7.35. The van der Waals surface area contributed by atoms with E-state index in [-0.39, 0.29) is 24.7 Å². The van der Waals surface area contributed by atoms with Gasteiger partial charge in [-0.3, -0.25) is 9.69 Å². The molecule has 0 unspecified atom stereocenters. The van der Waals surface area contributed by atoms with Crippen LogP contribution in [0.25, 0.3) is 0 Å². The van der Waals surface area contributed by atoms with Crippen molar-refractivity contribution in [2.24, 2.45) is 0 Å². The Bertz CT molecular complexity index is 1060. The molecule has 3 aromatic rings. The predicted molar refractivity (Wildman–Crippen MR) is 115 cm³/mol. The van der Waals surface area contributed by atoms with Crippen LogP contribution in [0.4, 0.5) is 13.2 Å². The van der Waals surface area contributed by atoms with Crippen LogP contribution in [0, 0.1) is 6.92 Å². The maximum Gasteiger partial charge on any atom is 0.416 e. The van der Waals surface area contributed by atoms with Crippen molar-refractivity contribution in [1.29, 1.82) is 0 Å². The molecule has 1 heterocycles. The highest BCUT2D eigenvalue weighted by atomic mass is 19.4. The summed E-state index contributed by atoms with van der Waals surface area (Å²) in [5.74, 6) is 0.0862. The summed E-state index contributed by atoms with van der Waals surface area (Å²) >= 11 is 0. The molecule has 5 nitrogen and oxygen atoms in total. The maximum atomic E-state index is 13.1. The molecule has 0 spiro atoms. The van der Waals surface area contributed by atoms with E-state index in [0.29, 0.717) is 24.5 Å². The van der Waals surface area contributed by atoms with Crippen molar-refractivity contribution in [2.45, 2.75) is 39.7 Å². The van der Waals surface area contributed by atoms with Gasteiger partial charge < -0.3 is 9.32 Å². The first-order valence-electron chi connectivity index (χ1n) is 10.3. The first-order valence-corrected chi connectivity index (χ1v) is 10.3. The second-order valence-corrected chi connectivity index (χ2v) is 7.78. The van der Waals surface area contributed by atoms with Crippen molar-refractivity contribution < 1.29 is 22.4 Å². The van der Waals surface area contributed by atoms with Gasteiger partial charge >= 0.3 is 6.18 Å². The number of aryl methyl sites for hydroxylation is 1. The molecular weight excluding hydrogens is 419 g/mol. The summed E-state index contributed by atoms with van der Waals surface area (Å²) in [6, 6.07) is 13.2. The third-order valence-corrected chi connectivity index (χ3v) is 5.10. The molecule has 0 aliphatic heterocycles. The van der Waals surface area contributed by atoms with Crippen molar-refractivity contribution in [3.8, 4) is 0 Å². The number of hydrogen-bond donors (Lipinski definition) is 0. The summed E-state index contributed by atoms with van der Waals surface area (Å²) in [5.41, 5.74) is 2.16. The van der Waals surface area contributed by atoms with E-state index >= 15 is 0 Å². The molecule has 32 heavy (non-hydrogen) atoms. The average molecular weight is 445 g/mol. The summed E-state index contributed by atoms with van der Waals surface area (Å²) in [7, 11) is 1.67. The molecule has 0 radical (unpaired) electrons. The highest BCUT2D eigenvalue weighted by molar-refractivity contribution is 5.91. The van der Waals surface area contributed by atoms with E-state index in [4.69, 9.17) is 4.42 Å². The van der Waals surface area contributed by atoms with Crippen LogP contribution in [-0.2, 0) is 25.8 Å². The van der Waals surface area contributed by atoms with Gasteiger partial charge in [0.15, 0.2) is 5.69 Å². The van der Waals surface area contributed by atoms with Crippen LogP contribution in [0.15, 0.2) is 59.2 Å². The zero-order valence-corrected chi connectivity index (χ0v) is 18.3. The number of carbonyl (C=O) groups excluding carboxylic acids is 1. The van der Waals surface area contributed by atoms with Gasteiger partial charge in [-0.05, 0) is 31.0 Å². The highest BCUT2D eigenvalue weighted by Crippen LogP contribution is 2.30. The van der Waals surface area contributed by atoms with E-state index in [2.05, 4.69) is 4.98 Å². The van der Waals surface area contributed by atoms with Crippen LogP contribution < -0.4 is 0 Å². The number of hydrogen-bond acceptors (Lipinski definition) is 4. The lowest BCUT2D eigenvalue weighted by atomic mass is 10.1. The molecule has 0 atom stereocenters. The molecule has 1 aromatic heterocycles. The molecule has 0 aliphatic carbocycles. The van der Waals surface area contributed by atoms with Crippen LogP contribution >= 0.6 is 0 Å². The smallest absolute Gasteiger partial charge is 0.416 e. The van der Waals surface area contributed by atoms with Crippen LogP contribution in [0.5, 0.6) is 0 Å². The first kappa shape index (κ1) is 23.5. The van der Waals surface area contributed by atoms with E-state index in [9.17, 15) is 18.0 Å². The lowest BCUT2D eigenvalue weighted by Crippen LogP contribution is -2.26. The van der Waals surface area contributed by atoms with Gasteiger partial charge in [0.05, 0.1) is 12.1 Å². The molecule has 1 amide bonds. The highest BCUT2D eigenvalue weighted by Gasteiger charge is 2.30. The quantitative estimate of drug-likeness (QED) is 0.472. The predicted octanol–water partition coefficient (Wildman–Crippen LogP) is 5.30. The maximum absolute atomic E-state index is 13.1. The number of oxazole rings is 1. The van der Waals surface area contributed by atoms with E-state index in [0.717, 1.165) is 23.3 Å². The number of nitrogens with zero attached hydrogens (tertiary/aromatic N) is 3. The van der Waals surface area contributed by atoms with Gasteiger partial charge in [-0.15, -0.1) is 0 Å². The molecule has 3 rings (SSSR count). The summed E-state index contributed by atoms with van der Waals surface area (Å²) in [6.45, 7) is 5.37. The Morgan fingerprint density at radius 1 is 1.03 bits per heavy atom. The normalized spacial score (nSPS) is 11.7. The van der Waals surface area contributed by atoms with Gasteiger partial charge in [0, 0.05) is 26.7 Å². The van der Waals surface area contributed by atoms with Crippen molar-refractivity contribution in [3.05, 3.63) is 88.6 Å².